The van der Waals surface area contributed by atoms with E-state index in [1.54, 1.807) is 13.8 Å². The molecule has 0 radical (unpaired) electrons. The number of halogens is 1. The SMILES string of the molecule is CCC(CC)C(O)CNC(=O)C(C)(C)Br. The molecule has 1 atom stereocenters. The highest BCUT2D eigenvalue weighted by molar-refractivity contribution is 9.10. The van der Waals surface area contributed by atoms with E-state index < -0.39 is 10.4 Å². The van der Waals surface area contributed by atoms with Crippen molar-refractivity contribution in [1.82, 2.24) is 5.32 Å². The average molecular weight is 280 g/mol. The zero-order chi connectivity index (χ0) is 12.1. The number of hydrogen-bond donors (Lipinski definition) is 2. The maximum atomic E-state index is 11.5. The van der Waals surface area contributed by atoms with Crippen LogP contribution >= 0.6 is 15.9 Å². The van der Waals surface area contributed by atoms with E-state index in [0.717, 1.165) is 12.8 Å². The summed E-state index contributed by atoms with van der Waals surface area (Å²) in [5.41, 5.74) is 0. The predicted octanol–water partition coefficient (Wildman–Crippen LogP) is 2.07. The number of rotatable bonds is 6. The third kappa shape index (κ3) is 5.52. The van der Waals surface area contributed by atoms with Gasteiger partial charge in [-0.05, 0) is 19.8 Å². The Morgan fingerprint density at radius 3 is 2.20 bits per heavy atom. The van der Waals surface area contributed by atoms with E-state index in [-0.39, 0.29) is 11.8 Å². The Labute approximate surface area is 101 Å². The number of carbonyl (C=O) groups is 1. The van der Waals surface area contributed by atoms with E-state index in [0.29, 0.717) is 6.54 Å². The molecule has 0 rings (SSSR count). The van der Waals surface area contributed by atoms with Crippen molar-refractivity contribution in [2.24, 2.45) is 5.92 Å². The van der Waals surface area contributed by atoms with Crippen LogP contribution in [0.5, 0.6) is 0 Å². The largest absolute Gasteiger partial charge is 0.391 e. The second-order valence-electron chi connectivity index (χ2n) is 4.33. The molecule has 0 fully saturated rings. The minimum absolute atomic E-state index is 0.0903. The first-order valence-corrected chi connectivity index (χ1v) is 6.27. The number of nitrogens with one attached hydrogen (secondary N) is 1. The molecule has 0 aromatic heterocycles. The number of aliphatic hydroxyl groups is 1. The van der Waals surface area contributed by atoms with Crippen molar-refractivity contribution in [3.05, 3.63) is 0 Å². The topological polar surface area (TPSA) is 49.3 Å². The molecule has 0 saturated carbocycles. The summed E-state index contributed by atoms with van der Waals surface area (Å²) in [6.45, 7) is 8.00. The van der Waals surface area contributed by atoms with Crippen molar-refractivity contribution in [3.63, 3.8) is 0 Å². The second-order valence-corrected chi connectivity index (χ2v) is 6.31. The lowest BCUT2D eigenvalue weighted by Crippen LogP contribution is -2.43. The average Bonchev–Trinajstić information content (AvgIpc) is 2.14. The van der Waals surface area contributed by atoms with E-state index in [4.69, 9.17) is 0 Å². The first kappa shape index (κ1) is 14.9. The van der Waals surface area contributed by atoms with E-state index in [2.05, 4.69) is 21.2 Å². The lowest BCUT2D eigenvalue weighted by molar-refractivity contribution is -0.123. The first-order chi connectivity index (χ1) is 6.82. The molecule has 2 N–H and O–H groups in total. The Kier molecular flexibility index (Phi) is 6.44. The summed E-state index contributed by atoms with van der Waals surface area (Å²) in [5, 5.41) is 12.5. The molecule has 4 heteroatoms. The molecule has 1 amide bonds. The molecule has 0 aliphatic rings. The van der Waals surface area contributed by atoms with Crippen LogP contribution in [0.4, 0.5) is 0 Å². The zero-order valence-corrected chi connectivity index (χ0v) is 11.6. The summed E-state index contributed by atoms with van der Waals surface area (Å²) in [5.74, 6) is 0.177. The van der Waals surface area contributed by atoms with Gasteiger partial charge in [0.1, 0.15) is 0 Å². The minimum atomic E-state index is -0.569. The van der Waals surface area contributed by atoms with Gasteiger partial charge in [-0.2, -0.15) is 0 Å². The molecule has 0 aromatic rings. The normalized spacial score (nSPS) is 14.1. The Morgan fingerprint density at radius 1 is 1.40 bits per heavy atom. The number of carbonyl (C=O) groups excluding carboxylic acids is 1. The summed E-state index contributed by atoms with van der Waals surface area (Å²) >= 11 is 3.27. The fourth-order valence-corrected chi connectivity index (χ4v) is 1.55. The van der Waals surface area contributed by atoms with Crippen LogP contribution in [-0.2, 0) is 4.79 Å². The molecule has 0 saturated heterocycles. The number of alkyl halides is 1. The van der Waals surface area contributed by atoms with Crippen molar-refractivity contribution in [2.75, 3.05) is 6.54 Å². The minimum Gasteiger partial charge on any atom is -0.391 e. The summed E-state index contributed by atoms with van der Waals surface area (Å²) in [7, 11) is 0. The third-order valence-corrected chi connectivity index (χ3v) is 2.96. The highest BCUT2D eigenvalue weighted by Gasteiger charge is 2.24. The summed E-state index contributed by atoms with van der Waals surface area (Å²) in [4.78, 5) is 11.5. The summed E-state index contributed by atoms with van der Waals surface area (Å²) < 4.78 is -0.569. The van der Waals surface area contributed by atoms with Gasteiger partial charge in [-0.3, -0.25) is 4.79 Å². The van der Waals surface area contributed by atoms with Crippen LogP contribution in [0, 0.1) is 5.92 Å². The van der Waals surface area contributed by atoms with Gasteiger partial charge < -0.3 is 10.4 Å². The maximum absolute atomic E-state index is 11.5. The Morgan fingerprint density at radius 2 is 1.87 bits per heavy atom. The number of hydrogen-bond acceptors (Lipinski definition) is 2. The van der Waals surface area contributed by atoms with Crippen LogP contribution in [0.25, 0.3) is 0 Å². The molecule has 0 aliphatic heterocycles. The molecule has 90 valence electrons. The molecule has 15 heavy (non-hydrogen) atoms. The highest BCUT2D eigenvalue weighted by Crippen LogP contribution is 2.16. The molecular formula is C11H22BrNO2. The molecule has 1 unspecified atom stereocenters. The molecule has 0 heterocycles. The first-order valence-electron chi connectivity index (χ1n) is 5.48. The van der Waals surface area contributed by atoms with Crippen molar-refractivity contribution in [1.29, 1.82) is 0 Å². The van der Waals surface area contributed by atoms with Crippen molar-refractivity contribution < 1.29 is 9.90 Å². The van der Waals surface area contributed by atoms with Gasteiger partial charge in [-0.25, -0.2) is 0 Å². The lowest BCUT2D eigenvalue weighted by atomic mass is 9.96. The Bertz CT molecular complexity index is 197. The maximum Gasteiger partial charge on any atom is 0.236 e. The van der Waals surface area contributed by atoms with Crippen LogP contribution < -0.4 is 5.32 Å². The van der Waals surface area contributed by atoms with E-state index in [9.17, 15) is 9.90 Å². The smallest absolute Gasteiger partial charge is 0.236 e. The lowest BCUT2D eigenvalue weighted by Gasteiger charge is -2.22. The molecule has 0 bridgehead atoms. The van der Waals surface area contributed by atoms with E-state index >= 15 is 0 Å². The summed E-state index contributed by atoms with van der Waals surface area (Å²) in [6.07, 6.45) is 1.43. The van der Waals surface area contributed by atoms with E-state index in [1.165, 1.54) is 0 Å². The van der Waals surface area contributed by atoms with Crippen molar-refractivity contribution in [2.45, 2.75) is 51.0 Å². The zero-order valence-electron chi connectivity index (χ0n) is 10.0. The highest BCUT2D eigenvalue weighted by atomic mass is 79.9. The van der Waals surface area contributed by atoms with Crippen LogP contribution in [0.3, 0.4) is 0 Å². The summed E-state index contributed by atoms with van der Waals surface area (Å²) in [6, 6.07) is 0. The Balaban J connectivity index is 4.00. The number of aliphatic hydroxyl groups excluding tert-OH is 1. The van der Waals surface area contributed by atoms with E-state index in [1.807, 2.05) is 13.8 Å². The van der Waals surface area contributed by atoms with Gasteiger partial charge in [0.2, 0.25) is 5.91 Å². The van der Waals surface area contributed by atoms with Gasteiger partial charge >= 0.3 is 0 Å². The molecule has 0 aromatic carbocycles. The van der Waals surface area contributed by atoms with Gasteiger partial charge in [0.15, 0.2) is 0 Å². The predicted molar refractivity (Wildman–Crippen MR) is 66.1 cm³/mol. The fraction of sp³-hybridized carbons (Fsp3) is 0.909. The van der Waals surface area contributed by atoms with Crippen LogP contribution in [0.15, 0.2) is 0 Å². The quantitative estimate of drug-likeness (QED) is 0.732. The van der Waals surface area contributed by atoms with Gasteiger partial charge in [0, 0.05) is 6.54 Å². The van der Waals surface area contributed by atoms with Gasteiger partial charge in [0.25, 0.3) is 0 Å². The van der Waals surface area contributed by atoms with Crippen LogP contribution in [0.2, 0.25) is 0 Å². The van der Waals surface area contributed by atoms with Crippen molar-refractivity contribution >= 4 is 21.8 Å². The molecule has 3 nitrogen and oxygen atoms in total. The van der Waals surface area contributed by atoms with Crippen molar-refractivity contribution in [3.8, 4) is 0 Å². The second kappa shape index (κ2) is 6.48. The number of amides is 1. The van der Waals surface area contributed by atoms with Crippen LogP contribution in [0.1, 0.15) is 40.5 Å². The molecular weight excluding hydrogens is 258 g/mol. The molecule has 0 spiro atoms. The fourth-order valence-electron chi connectivity index (χ4n) is 1.41. The monoisotopic (exact) mass is 279 g/mol. The Hall–Kier alpha value is -0.0900. The third-order valence-electron chi connectivity index (χ3n) is 2.60. The standard InChI is InChI=1S/C11H22BrNO2/c1-5-8(6-2)9(14)7-13-10(15)11(3,4)12/h8-9,14H,5-7H2,1-4H3,(H,13,15). The van der Waals surface area contributed by atoms with Crippen LogP contribution in [-0.4, -0.2) is 28.0 Å². The van der Waals surface area contributed by atoms with Gasteiger partial charge in [0.05, 0.1) is 10.4 Å². The van der Waals surface area contributed by atoms with Gasteiger partial charge in [-0.15, -0.1) is 0 Å². The molecule has 0 aliphatic carbocycles. The van der Waals surface area contributed by atoms with Gasteiger partial charge in [-0.1, -0.05) is 42.6 Å².